The molecule has 4 nitrogen and oxygen atoms in total. The molecule has 0 saturated heterocycles. The zero-order valence-corrected chi connectivity index (χ0v) is 15.7. The minimum Gasteiger partial charge on any atom is -0.367 e. The van der Waals surface area contributed by atoms with Crippen LogP contribution in [0.25, 0.3) is 0 Å². The second-order valence-corrected chi connectivity index (χ2v) is 7.51. The van der Waals surface area contributed by atoms with Crippen LogP contribution >= 0.6 is 0 Å². The van der Waals surface area contributed by atoms with E-state index in [9.17, 15) is 4.79 Å². The number of hydrogen-bond acceptors (Lipinski definition) is 3. The molecule has 1 amide bonds. The third-order valence-corrected chi connectivity index (χ3v) is 5.05. The Morgan fingerprint density at radius 2 is 1.77 bits per heavy atom. The van der Waals surface area contributed by atoms with Crippen LogP contribution in [0.3, 0.4) is 0 Å². The molecule has 1 N–H and O–H groups in total. The highest BCUT2D eigenvalue weighted by Crippen LogP contribution is 2.24. The summed E-state index contributed by atoms with van der Waals surface area (Å²) in [5.74, 6) is -0.0635. The van der Waals surface area contributed by atoms with Crippen LogP contribution < -0.4 is 5.32 Å². The van der Waals surface area contributed by atoms with Crippen LogP contribution in [-0.4, -0.2) is 36.0 Å². The van der Waals surface area contributed by atoms with Gasteiger partial charge in [0.05, 0.1) is 6.61 Å². The van der Waals surface area contributed by atoms with Gasteiger partial charge in [-0.1, -0.05) is 54.6 Å². The molecule has 138 valence electrons. The number of amides is 1. The first-order valence-electron chi connectivity index (χ1n) is 9.25. The second-order valence-electron chi connectivity index (χ2n) is 7.51. The number of hydrogen-bond donors (Lipinski definition) is 1. The van der Waals surface area contributed by atoms with E-state index in [1.807, 2.05) is 30.3 Å². The van der Waals surface area contributed by atoms with Crippen molar-refractivity contribution in [1.29, 1.82) is 0 Å². The first kappa shape index (κ1) is 18.6. The number of nitrogens with one attached hydrogen (secondary N) is 1. The molecule has 2 aromatic carbocycles. The standard InChI is InChI=1S/C22H28N2O2/c1-22(2,24-13-12-19-10-6-7-11-20(19)14-24)17-23-21(25)16-26-15-18-8-4-3-5-9-18/h3-11H,12-17H2,1-2H3,(H,23,25). The first-order chi connectivity index (χ1) is 12.5. The molecule has 26 heavy (non-hydrogen) atoms. The summed E-state index contributed by atoms with van der Waals surface area (Å²) >= 11 is 0. The molecule has 1 aliphatic rings. The van der Waals surface area contributed by atoms with E-state index >= 15 is 0 Å². The number of benzene rings is 2. The quantitative estimate of drug-likeness (QED) is 0.832. The topological polar surface area (TPSA) is 41.6 Å². The molecule has 2 aromatic rings. The third kappa shape index (κ3) is 4.93. The van der Waals surface area contributed by atoms with Crippen molar-refractivity contribution >= 4 is 5.91 Å². The van der Waals surface area contributed by atoms with E-state index in [1.165, 1.54) is 11.1 Å². The molecule has 0 saturated carbocycles. The van der Waals surface area contributed by atoms with Crippen LogP contribution in [-0.2, 0) is 29.1 Å². The van der Waals surface area contributed by atoms with Crippen molar-refractivity contribution in [2.24, 2.45) is 0 Å². The maximum atomic E-state index is 12.1. The average Bonchev–Trinajstić information content (AvgIpc) is 2.67. The van der Waals surface area contributed by atoms with E-state index in [2.05, 4.69) is 48.3 Å². The van der Waals surface area contributed by atoms with Crippen molar-refractivity contribution in [2.45, 2.75) is 39.0 Å². The van der Waals surface area contributed by atoms with Gasteiger partial charge >= 0.3 is 0 Å². The molecule has 0 unspecified atom stereocenters. The molecule has 4 heteroatoms. The summed E-state index contributed by atoms with van der Waals surface area (Å²) in [7, 11) is 0. The van der Waals surface area contributed by atoms with Crippen molar-refractivity contribution in [2.75, 3.05) is 19.7 Å². The van der Waals surface area contributed by atoms with E-state index in [0.29, 0.717) is 13.2 Å². The molecule has 0 aromatic heterocycles. The van der Waals surface area contributed by atoms with Crippen LogP contribution in [0.4, 0.5) is 0 Å². The summed E-state index contributed by atoms with van der Waals surface area (Å²) in [6.07, 6.45) is 1.06. The largest absolute Gasteiger partial charge is 0.367 e. The van der Waals surface area contributed by atoms with Crippen molar-refractivity contribution < 1.29 is 9.53 Å². The number of fused-ring (bicyclic) bond motifs is 1. The molecule has 1 aliphatic heterocycles. The lowest BCUT2D eigenvalue weighted by molar-refractivity contribution is -0.126. The van der Waals surface area contributed by atoms with E-state index in [4.69, 9.17) is 4.74 Å². The summed E-state index contributed by atoms with van der Waals surface area (Å²) in [6.45, 7) is 7.49. The molecular formula is C22H28N2O2. The molecule has 0 radical (unpaired) electrons. The van der Waals surface area contributed by atoms with Crippen LogP contribution in [0, 0.1) is 0 Å². The lowest BCUT2D eigenvalue weighted by atomic mass is 9.94. The van der Waals surface area contributed by atoms with Crippen molar-refractivity contribution in [3.63, 3.8) is 0 Å². The Bertz CT molecular complexity index is 728. The molecule has 1 heterocycles. The van der Waals surface area contributed by atoms with Gasteiger partial charge in [0.15, 0.2) is 0 Å². The van der Waals surface area contributed by atoms with E-state index in [0.717, 1.165) is 25.1 Å². The van der Waals surface area contributed by atoms with E-state index in [1.54, 1.807) is 0 Å². The maximum absolute atomic E-state index is 12.1. The predicted molar refractivity (Wildman–Crippen MR) is 104 cm³/mol. The number of nitrogens with zero attached hydrogens (tertiary/aromatic N) is 1. The first-order valence-corrected chi connectivity index (χ1v) is 9.25. The highest BCUT2D eigenvalue weighted by atomic mass is 16.5. The normalized spacial score (nSPS) is 14.7. The Morgan fingerprint density at radius 3 is 2.54 bits per heavy atom. The predicted octanol–water partition coefficient (Wildman–Crippen LogP) is 3.16. The van der Waals surface area contributed by atoms with Crippen molar-refractivity contribution in [3.8, 4) is 0 Å². The maximum Gasteiger partial charge on any atom is 0.246 e. The minimum atomic E-state index is -0.0946. The van der Waals surface area contributed by atoms with Crippen LogP contribution in [0.2, 0.25) is 0 Å². The Balaban J connectivity index is 1.43. The van der Waals surface area contributed by atoms with Gasteiger partial charge in [0.25, 0.3) is 0 Å². The molecule has 0 bridgehead atoms. The summed E-state index contributed by atoms with van der Waals surface area (Å²) in [5.41, 5.74) is 3.82. The monoisotopic (exact) mass is 352 g/mol. The van der Waals surface area contributed by atoms with Gasteiger partial charge in [0.1, 0.15) is 6.61 Å². The van der Waals surface area contributed by atoms with Gasteiger partial charge in [0.2, 0.25) is 5.91 Å². The van der Waals surface area contributed by atoms with E-state index in [-0.39, 0.29) is 18.1 Å². The van der Waals surface area contributed by atoms with E-state index < -0.39 is 0 Å². The lowest BCUT2D eigenvalue weighted by Gasteiger charge is -2.41. The van der Waals surface area contributed by atoms with Gasteiger partial charge in [-0.3, -0.25) is 9.69 Å². The van der Waals surface area contributed by atoms with Gasteiger partial charge in [0, 0.05) is 25.2 Å². The molecular weight excluding hydrogens is 324 g/mol. The van der Waals surface area contributed by atoms with Crippen LogP contribution in [0.5, 0.6) is 0 Å². The second kappa shape index (κ2) is 8.47. The van der Waals surface area contributed by atoms with Gasteiger partial charge in [-0.05, 0) is 37.0 Å². The van der Waals surface area contributed by atoms with Gasteiger partial charge in [-0.2, -0.15) is 0 Å². The van der Waals surface area contributed by atoms with Crippen molar-refractivity contribution in [3.05, 3.63) is 71.3 Å². The molecule has 0 aliphatic carbocycles. The number of carbonyl (C=O) groups excluding carboxylic acids is 1. The summed E-state index contributed by atoms with van der Waals surface area (Å²) < 4.78 is 5.51. The summed E-state index contributed by atoms with van der Waals surface area (Å²) in [6, 6.07) is 18.5. The smallest absolute Gasteiger partial charge is 0.246 e. The zero-order valence-electron chi connectivity index (χ0n) is 15.7. The Kier molecular flexibility index (Phi) is 6.07. The van der Waals surface area contributed by atoms with Crippen LogP contribution in [0.15, 0.2) is 54.6 Å². The molecule has 0 atom stereocenters. The third-order valence-electron chi connectivity index (χ3n) is 5.05. The Hall–Kier alpha value is -2.17. The highest BCUT2D eigenvalue weighted by molar-refractivity contribution is 5.77. The van der Waals surface area contributed by atoms with Gasteiger partial charge < -0.3 is 10.1 Å². The number of carbonyl (C=O) groups is 1. The fraction of sp³-hybridized carbons (Fsp3) is 0.409. The lowest BCUT2D eigenvalue weighted by Crippen LogP contribution is -2.53. The fourth-order valence-electron chi connectivity index (χ4n) is 3.33. The average molecular weight is 352 g/mol. The SMILES string of the molecule is CC(C)(CNC(=O)COCc1ccccc1)N1CCc2ccccc2C1. The molecule has 0 fully saturated rings. The Labute approximate surface area is 156 Å². The fourth-order valence-corrected chi connectivity index (χ4v) is 3.33. The van der Waals surface area contributed by atoms with Crippen LogP contribution in [0.1, 0.15) is 30.5 Å². The summed E-state index contributed by atoms with van der Waals surface area (Å²) in [4.78, 5) is 14.6. The zero-order chi connectivity index (χ0) is 18.4. The highest BCUT2D eigenvalue weighted by Gasteiger charge is 2.29. The Morgan fingerprint density at radius 1 is 1.08 bits per heavy atom. The van der Waals surface area contributed by atoms with Gasteiger partial charge in [-0.25, -0.2) is 0 Å². The number of ether oxygens (including phenoxy) is 1. The van der Waals surface area contributed by atoms with Gasteiger partial charge in [-0.15, -0.1) is 0 Å². The summed E-state index contributed by atoms with van der Waals surface area (Å²) in [5, 5.41) is 3.02. The number of rotatable bonds is 7. The van der Waals surface area contributed by atoms with Crippen molar-refractivity contribution in [1.82, 2.24) is 10.2 Å². The molecule has 0 spiro atoms. The molecule has 3 rings (SSSR count). The minimum absolute atomic E-state index is 0.0635.